The molecule has 96 valence electrons. The van der Waals surface area contributed by atoms with Gasteiger partial charge in [0.05, 0.1) is 7.11 Å². The third-order valence-electron chi connectivity index (χ3n) is 4.97. The van der Waals surface area contributed by atoms with Crippen molar-refractivity contribution in [1.82, 2.24) is 5.48 Å². The standard InChI is InChI=1S/C14H29NO/c1-7-11-10-12(15-16-6)8-9-14(11,5)13(2,3)4/h11-12,15H,7-10H2,1-6H3. The lowest BCUT2D eigenvalue weighted by atomic mass is 9.54. The van der Waals surface area contributed by atoms with Crippen LogP contribution in [0.3, 0.4) is 0 Å². The summed E-state index contributed by atoms with van der Waals surface area (Å²) in [5, 5.41) is 0. The first kappa shape index (κ1) is 14.0. The van der Waals surface area contributed by atoms with Crippen molar-refractivity contribution in [3.05, 3.63) is 0 Å². The van der Waals surface area contributed by atoms with Crippen LogP contribution in [0.5, 0.6) is 0 Å². The molecule has 1 fully saturated rings. The van der Waals surface area contributed by atoms with Crippen LogP contribution >= 0.6 is 0 Å². The molecule has 0 heterocycles. The molecule has 0 bridgehead atoms. The van der Waals surface area contributed by atoms with Crippen molar-refractivity contribution in [3.63, 3.8) is 0 Å². The second-order valence-electron chi connectivity index (χ2n) is 6.57. The van der Waals surface area contributed by atoms with Crippen LogP contribution in [0.2, 0.25) is 0 Å². The lowest BCUT2D eigenvalue weighted by Gasteiger charge is -2.52. The van der Waals surface area contributed by atoms with Gasteiger partial charge in [0, 0.05) is 6.04 Å². The smallest absolute Gasteiger partial charge is 0.0572 e. The Kier molecular flexibility index (Phi) is 4.42. The van der Waals surface area contributed by atoms with E-state index in [4.69, 9.17) is 4.84 Å². The highest BCUT2D eigenvalue weighted by molar-refractivity contribution is 4.97. The van der Waals surface area contributed by atoms with Crippen LogP contribution in [0.4, 0.5) is 0 Å². The fraction of sp³-hybridized carbons (Fsp3) is 1.00. The summed E-state index contributed by atoms with van der Waals surface area (Å²) in [5.74, 6) is 0.800. The maximum absolute atomic E-state index is 5.08. The van der Waals surface area contributed by atoms with Crippen molar-refractivity contribution in [1.29, 1.82) is 0 Å². The van der Waals surface area contributed by atoms with Crippen LogP contribution in [-0.4, -0.2) is 13.2 Å². The average molecular weight is 227 g/mol. The van der Waals surface area contributed by atoms with Crippen LogP contribution in [0, 0.1) is 16.7 Å². The summed E-state index contributed by atoms with van der Waals surface area (Å²) in [6.45, 7) is 12.0. The summed E-state index contributed by atoms with van der Waals surface area (Å²) < 4.78 is 0. The molecule has 0 aromatic carbocycles. The monoisotopic (exact) mass is 227 g/mol. The fourth-order valence-electron chi connectivity index (χ4n) is 3.28. The molecule has 2 heteroatoms. The Bertz CT molecular complexity index is 221. The third-order valence-corrected chi connectivity index (χ3v) is 4.97. The van der Waals surface area contributed by atoms with Gasteiger partial charge in [-0.05, 0) is 36.0 Å². The molecule has 0 spiro atoms. The molecule has 1 N–H and O–H groups in total. The molecule has 1 rings (SSSR count). The van der Waals surface area contributed by atoms with Crippen molar-refractivity contribution in [2.45, 2.75) is 66.3 Å². The summed E-state index contributed by atoms with van der Waals surface area (Å²) in [7, 11) is 1.72. The first-order valence-electron chi connectivity index (χ1n) is 6.63. The molecular formula is C14H29NO. The maximum atomic E-state index is 5.08. The van der Waals surface area contributed by atoms with Crippen LogP contribution in [0.1, 0.15) is 60.3 Å². The number of rotatable bonds is 3. The van der Waals surface area contributed by atoms with Crippen molar-refractivity contribution in [2.24, 2.45) is 16.7 Å². The number of hydrogen-bond donors (Lipinski definition) is 1. The second-order valence-corrected chi connectivity index (χ2v) is 6.57. The van der Waals surface area contributed by atoms with Crippen molar-refractivity contribution in [2.75, 3.05) is 7.11 Å². The van der Waals surface area contributed by atoms with Gasteiger partial charge in [-0.3, -0.25) is 0 Å². The quantitative estimate of drug-likeness (QED) is 0.741. The van der Waals surface area contributed by atoms with Gasteiger partial charge in [0.25, 0.3) is 0 Å². The zero-order valence-corrected chi connectivity index (χ0v) is 11.9. The highest BCUT2D eigenvalue weighted by atomic mass is 16.6. The number of hydrogen-bond acceptors (Lipinski definition) is 2. The highest BCUT2D eigenvalue weighted by Crippen LogP contribution is 2.53. The van der Waals surface area contributed by atoms with E-state index >= 15 is 0 Å². The summed E-state index contributed by atoms with van der Waals surface area (Å²) in [4.78, 5) is 5.08. The van der Waals surface area contributed by atoms with Gasteiger partial charge in [0.2, 0.25) is 0 Å². The van der Waals surface area contributed by atoms with Gasteiger partial charge >= 0.3 is 0 Å². The van der Waals surface area contributed by atoms with E-state index in [1.165, 1.54) is 25.7 Å². The van der Waals surface area contributed by atoms with Gasteiger partial charge in [0.1, 0.15) is 0 Å². The van der Waals surface area contributed by atoms with Crippen LogP contribution in [0.25, 0.3) is 0 Å². The Morgan fingerprint density at radius 1 is 1.38 bits per heavy atom. The minimum absolute atomic E-state index is 0.395. The van der Waals surface area contributed by atoms with E-state index in [1.54, 1.807) is 7.11 Å². The predicted octanol–water partition coefficient (Wildman–Crippen LogP) is 3.77. The molecule has 1 aliphatic rings. The molecule has 0 aliphatic heterocycles. The molecule has 3 unspecified atom stereocenters. The molecule has 16 heavy (non-hydrogen) atoms. The Morgan fingerprint density at radius 2 is 2.00 bits per heavy atom. The Morgan fingerprint density at radius 3 is 2.44 bits per heavy atom. The van der Waals surface area contributed by atoms with Crippen LogP contribution < -0.4 is 5.48 Å². The van der Waals surface area contributed by atoms with E-state index in [2.05, 4.69) is 40.1 Å². The molecule has 0 saturated heterocycles. The Balaban J connectivity index is 2.76. The summed E-state index contributed by atoms with van der Waals surface area (Å²) in [5.41, 5.74) is 4.00. The average Bonchev–Trinajstić information content (AvgIpc) is 2.19. The first-order chi connectivity index (χ1) is 7.35. The van der Waals surface area contributed by atoms with Crippen LogP contribution in [-0.2, 0) is 4.84 Å². The SMILES string of the molecule is CCC1CC(NOC)CCC1(C)C(C)(C)C. The van der Waals surface area contributed by atoms with E-state index in [1.807, 2.05) is 0 Å². The summed E-state index contributed by atoms with van der Waals surface area (Å²) in [6, 6.07) is 0.547. The molecule has 0 radical (unpaired) electrons. The highest BCUT2D eigenvalue weighted by Gasteiger charge is 2.46. The van der Waals surface area contributed by atoms with E-state index in [9.17, 15) is 0 Å². The van der Waals surface area contributed by atoms with E-state index in [0.717, 1.165) is 5.92 Å². The van der Waals surface area contributed by atoms with Crippen molar-refractivity contribution in [3.8, 4) is 0 Å². The largest absolute Gasteiger partial charge is 0.305 e. The summed E-state index contributed by atoms with van der Waals surface area (Å²) in [6.07, 6.45) is 5.06. The molecular weight excluding hydrogens is 198 g/mol. The lowest BCUT2D eigenvalue weighted by molar-refractivity contribution is -0.0449. The molecule has 0 aromatic rings. The zero-order valence-electron chi connectivity index (χ0n) is 11.9. The molecule has 1 aliphatic carbocycles. The number of hydroxylamine groups is 1. The minimum atomic E-state index is 0.395. The molecule has 0 aromatic heterocycles. The third kappa shape index (κ3) is 2.60. The Hall–Kier alpha value is -0.0800. The summed E-state index contributed by atoms with van der Waals surface area (Å²) >= 11 is 0. The second kappa shape index (κ2) is 5.05. The minimum Gasteiger partial charge on any atom is -0.305 e. The van der Waals surface area contributed by atoms with Gasteiger partial charge < -0.3 is 4.84 Å². The normalized spacial score (nSPS) is 36.4. The van der Waals surface area contributed by atoms with Gasteiger partial charge in [-0.1, -0.05) is 41.0 Å². The number of nitrogens with one attached hydrogen (secondary N) is 1. The molecule has 1 saturated carbocycles. The van der Waals surface area contributed by atoms with Gasteiger partial charge in [-0.15, -0.1) is 0 Å². The van der Waals surface area contributed by atoms with E-state index < -0.39 is 0 Å². The van der Waals surface area contributed by atoms with Crippen molar-refractivity contribution < 1.29 is 4.84 Å². The maximum Gasteiger partial charge on any atom is 0.0572 e. The molecule has 2 nitrogen and oxygen atoms in total. The first-order valence-corrected chi connectivity index (χ1v) is 6.63. The van der Waals surface area contributed by atoms with Gasteiger partial charge in [-0.25, -0.2) is 0 Å². The fourth-order valence-corrected chi connectivity index (χ4v) is 3.28. The zero-order chi connectivity index (χ0) is 12.4. The lowest BCUT2D eigenvalue weighted by Crippen LogP contribution is -2.47. The molecule has 3 atom stereocenters. The predicted molar refractivity (Wildman–Crippen MR) is 69.1 cm³/mol. The van der Waals surface area contributed by atoms with Crippen molar-refractivity contribution >= 4 is 0 Å². The van der Waals surface area contributed by atoms with E-state index in [-0.39, 0.29) is 0 Å². The van der Waals surface area contributed by atoms with Crippen LogP contribution in [0.15, 0.2) is 0 Å². The topological polar surface area (TPSA) is 21.3 Å². The van der Waals surface area contributed by atoms with Gasteiger partial charge in [0.15, 0.2) is 0 Å². The Labute approximate surface area is 101 Å². The van der Waals surface area contributed by atoms with E-state index in [0.29, 0.717) is 16.9 Å². The van der Waals surface area contributed by atoms with Gasteiger partial charge in [-0.2, -0.15) is 5.48 Å². The molecule has 0 amide bonds.